The molecule has 102 valence electrons. The number of nitrogen functional groups attached to an aromatic ring is 1. The Morgan fingerprint density at radius 3 is 2.95 bits per heavy atom. The molecule has 0 aliphatic rings. The van der Waals surface area contributed by atoms with E-state index in [1.54, 1.807) is 17.0 Å². The average molecular weight is 291 g/mol. The van der Waals surface area contributed by atoms with Crippen molar-refractivity contribution in [1.82, 2.24) is 24.4 Å². The van der Waals surface area contributed by atoms with Gasteiger partial charge >= 0.3 is 0 Å². The number of H-pyrrole nitrogens is 1. The molecule has 0 unspecified atom stereocenters. The molecule has 0 saturated heterocycles. The molecule has 0 fully saturated rings. The molecule has 0 spiro atoms. The van der Waals surface area contributed by atoms with Gasteiger partial charge in [0, 0.05) is 12.1 Å². The van der Waals surface area contributed by atoms with Gasteiger partial charge in [0.1, 0.15) is 0 Å². The lowest BCUT2D eigenvalue weighted by molar-refractivity contribution is -0.384. The molecule has 9 nitrogen and oxygen atoms in total. The topological polar surface area (TPSA) is 121 Å². The van der Waals surface area contributed by atoms with Crippen molar-refractivity contribution < 1.29 is 4.92 Å². The van der Waals surface area contributed by atoms with Crippen LogP contribution in [-0.4, -0.2) is 29.3 Å². The maximum Gasteiger partial charge on any atom is 0.271 e. The van der Waals surface area contributed by atoms with Crippen LogP contribution >= 0.6 is 12.2 Å². The number of nitrogens with two attached hydrogens (primary N) is 1. The molecule has 2 heterocycles. The van der Waals surface area contributed by atoms with Gasteiger partial charge in [0.15, 0.2) is 5.82 Å². The van der Waals surface area contributed by atoms with Crippen LogP contribution in [0.15, 0.2) is 24.5 Å². The summed E-state index contributed by atoms with van der Waals surface area (Å²) in [6.07, 6.45) is 1.58. The third-order valence-electron chi connectivity index (χ3n) is 2.90. The van der Waals surface area contributed by atoms with Gasteiger partial charge in [-0.15, -0.1) is 0 Å². The van der Waals surface area contributed by atoms with Crippen LogP contribution in [0, 0.1) is 14.9 Å². The van der Waals surface area contributed by atoms with Gasteiger partial charge in [-0.25, -0.2) is 9.66 Å². The molecule has 0 saturated carbocycles. The van der Waals surface area contributed by atoms with Crippen LogP contribution in [0.2, 0.25) is 0 Å². The standard InChI is InChI=1S/C10H9N7O2S/c11-16-9(13-14-10(16)20)4-15-5-12-7-2-1-6(17(18)19)3-8(7)15/h1-3,5H,4,11H2,(H,14,20). The van der Waals surface area contributed by atoms with Gasteiger partial charge in [0.2, 0.25) is 4.77 Å². The highest BCUT2D eigenvalue weighted by atomic mass is 32.1. The van der Waals surface area contributed by atoms with Gasteiger partial charge in [0.05, 0.1) is 28.8 Å². The Labute approximate surface area is 116 Å². The van der Waals surface area contributed by atoms with Crippen molar-refractivity contribution in [3.8, 4) is 0 Å². The Morgan fingerprint density at radius 1 is 1.50 bits per heavy atom. The maximum absolute atomic E-state index is 10.8. The van der Waals surface area contributed by atoms with E-state index < -0.39 is 4.92 Å². The van der Waals surface area contributed by atoms with E-state index >= 15 is 0 Å². The van der Waals surface area contributed by atoms with Crippen molar-refractivity contribution in [1.29, 1.82) is 0 Å². The molecule has 2 aromatic heterocycles. The molecule has 0 aliphatic heterocycles. The minimum absolute atomic E-state index is 0.00543. The van der Waals surface area contributed by atoms with E-state index in [9.17, 15) is 10.1 Å². The molecule has 10 heteroatoms. The summed E-state index contributed by atoms with van der Waals surface area (Å²) in [5.74, 6) is 6.22. The summed E-state index contributed by atoms with van der Waals surface area (Å²) in [7, 11) is 0. The molecule has 3 rings (SSSR count). The van der Waals surface area contributed by atoms with Gasteiger partial charge in [0.25, 0.3) is 5.69 Å². The molecule has 3 N–H and O–H groups in total. The third kappa shape index (κ3) is 1.91. The fraction of sp³-hybridized carbons (Fsp3) is 0.100. The number of nitro benzene ring substituents is 1. The second-order valence-corrected chi connectivity index (χ2v) is 4.50. The van der Waals surface area contributed by atoms with Crippen molar-refractivity contribution in [2.75, 3.05) is 5.84 Å². The third-order valence-corrected chi connectivity index (χ3v) is 3.19. The number of benzene rings is 1. The molecule has 0 bridgehead atoms. The summed E-state index contributed by atoms with van der Waals surface area (Å²) < 4.78 is 3.27. The van der Waals surface area contributed by atoms with E-state index in [0.29, 0.717) is 28.2 Å². The van der Waals surface area contributed by atoms with E-state index in [2.05, 4.69) is 15.2 Å². The number of non-ortho nitro benzene ring substituents is 1. The maximum atomic E-state index is 10.8. The molecule has 20 heavy (non-hydrogen) atoms. The molecule has 0 atom stereocenters. The summed E-state index contributed by atoms with van der Waals surface area (Å²) in [6, 6.07) is 4.48. The Morgan fingerprint density at radius 2 is 2.30 bits per heavy atom. The molecule has 0 amide bonds. The summed E-state index contributed by atoms with van der Waals surface area (Å²) in [6.45, 7) is 0.307. The van der Waals surface area contributed by atoms with E-state index in [1.807, 2.05) is 0 Å². The van der Waals surface area contributed by atoms with E-state index in [4.69, 9.17) is 18.1 Å². The lowest BCUT2D eigenvalue weighted by atomic mass is 10.3. The van der Waals surface area contributed by atoms with Gasteiger partial charge < -0.3 is 10.4 Å². The summed E-state index contributed by atoms with van der Waals surface area (Å²) >= 11 is 4.93. The number of imidazole rings is 1. The molecular formula is C10H9N7O2S. The number of hydrogen-bond donors (Lipinski definition) is 2. The number of aromatic amines is 1. The first-order chi connectivity index (χ1) is 9.56. The van der Waals surface area contributed by atoms with E-state index in [-0.39, 0.29) is 5.69 Å². The number of nitrogens with zero attached hydrogens (tertiary/aromatic N) is 5. The Hall–Kier alpha value is -2.75. The zero-order valence-electron chi connectivity index (χ0n) is 10.1. The van der Waals surface area contributed by atoms with E-state index in [0.717, 1.165) is 0 Å². The molecule has 0 radical (unpaired) electrons. The van der Waals surface area contributed by atoms with Gasteiger partial charge in [-0.2, -0.15) is 5.10 Å². The number of rotatable bonds is 3. The summed E-state index contributed by atoms with van der Waals surface area (Å²) in [5.41, 5.74) is 1.30. The first-order valence-corrected chi connectivity index (χ1v) is 5.98. The molecule has 3 aromatic rings. The van der Waals surface area contributed by atoms with Crippen LogP contribution in [0.1, 0.15) is 5.82 Å². The second-order valence-electron chi connectivity index (χ2n) is 4.12. The predicted octanol–water partition coefficient (Wildman–Crippen LogP) is 0.961. The fourth-order valence-corrected chi connectivity index (χ4v) is 2.04. The summed E-state index contributed by atoms with van der Waals surface area (Å²) in [4.78, 5) is 14.5. The van der Waals surface area contributed by atoms with Crippen molar-refractivity contribution in [3.05, 3.63) is 45.2 Å². The number of nitrogens with one attached hydrogen (secondary N) is 1. The first kappa shape index (κ1) is 12.3. The van der Waals surface area contributed by atoms with Crippen LogP contribution in [-0.2, 0) is 6.54 Å². The van der Waals surface area contributed by atoms with Gasteiger partial charge in [-0.3, -0.25) is 15.2 Å². The molecular weight excluding hydrogens is 282 g/mol. The Kier molecular flexibility index (Phi) is 2.71. The highest BCUT2D eigenvalue weighted by molar-refractivity contribution is 7.71. The quantitative estimate of drug-likeness (QED) is 0.321. The zero-order chi connectivity index (χ0) is 14.3. The van der Waals surface area contributed by atoms with Crippen LogP contribution in [0.5, 0.6) is 0 Å². The van der Waals surface area contributed by atoms with Crippen molar-refractivity contribution in [3.63, 3.8) is 0 Å². The van der Waals surface area contributed by atoms with Crippen LogP contribution in [0.3, 0.4) is 0 Å². The Balaban J connectivity index is 2.07. The minimum atomic E-state index is -0.449. The minimum Gasteiger partial charge on any atom is -0.335 e. The number of hydrogen-bond acceptors (Lipinski definition) is 6. The summed E-state index contributed by atoms with van der Waals surface area (Å²) in [5, 5.41) is 17.4. The zero-order valence-corrected chi connectivity index (χ0v) is 10.9. The fourth-order valence-electron chi connectivity index (χ4n) is 1.89. The Bertz CT molecular complexity index is 862. The van der Waals surface area contributed by atoms with Crippen molar-refractivity contribution in [2.24, 2.45) is 0 Å². The molecule has 1 aromatic carbocycles. The number of fused-ring (bicyclic) bond motifs is 1. The van der Waals surface area contributed by atoms with Crippen molar-refractivity contribution >= 4 is 28.9 Å². The van der Waals surface area contributed by atoms with Gasteiger partial charge in [-0.05, 0) is 18.3 Å². The highest BCUT2D eigenvalue weighted by Crippen LogP contribution is 2.20. The average Bonchev–Trinajstić information content (AvgIpc) is 2.97. The normalized spacial score (nSPS) is 11.0. The van der Waals surface area contributed by atoms with Gasteiger partial charge in [-0.1, -0.05) is 0 Å². The molecule has 0 aliphatic carbocycles. The van der Waals surface area contributed by atoms with E-state index in [1.165, 1.54) is 16.8 Å². The predicted molar refractivity (Wildman–Crippen MR) is 73.1 cm³/mol. The monoisotopic (exact) mass is 291 g/mol. The smallest absolute Gasteiger partial charge is 0.271 e. The van der Waals surface area contributed by atoms with Crippen molar-refractivity contribution in [2.45, 2.75) is 6.54 Å². The number of nitro groups is 1. The van der Waals surface area contributed by atoms with Crippen LogP contribution in [0.25, 0.3) is 11.0 Å². The highest BCUT2D eigenvalue weighted by Gasteiger charge is 2.12. The first-order valence-electron chi connectivity index (χ1n) is 5.57. The second kappa shape index (κ2) is 4.42. The van der Waals surface area contributed by atoms with Crippen LogP contribution in [0.4, 0.5) is 5.69 Å². The largest absolute Gasteiger partial charge is 0.335 e. The SMILES string of the molecule is Nn1c(Cn2cnc3ccc([N+](=O)[O-])cc32)n[nH]c1=S. The number of aromatic nitrogens is 5. The van der Waals surface area contributed by atoms with Crippen LogP contribution < -0.4 is 5.84 Å². The lowest BCUT2D eigenvalue weighted by Gasteiger charge is -2.03. The lowest BCUT2D eigenvalue weighted by Crippen LogP contribution is -2.15.